The second-order valence-corrected chi connectivity index (χ2v) is 11.4. The molecule has 0 amide bonds. The number of hydrogen-bond donors (Lipinski definition) is 0. The number of benzene rings is 2. The van der Waals surface area contributed by atoms with Gasteiger partial charge in [-0.2, -0.15) is 17.6 Å². The maximum absolute atomic E-state index is 15.6. The maximum Gasteiger partial charge on any atom is 2.00 e. The fraction of sp³-hybridized carbons (Fsp3) is 0.0588. The number of nitrogens with zero attached hydrogens (tertiary/aromatic N) is 4. The third-order valence-electron chi connectivity index (χ3n) is 7.34. The van der Waals surface area contributed by atoms with Gasteiger partial charge in [-0.05, 0) is 74.1 Å². The molecular weight excluding hydrogens is 721 g/mol. The Hall–Kier alpha value is -3.85. The first-order valence-corrected chi connectivity index (χ1v) is 14.6. The summed E-state index contributed by atoms with van der Waals surface area (Å²) in [6.45, 7) is 0. The van der Waals surface area contributed by atoms with Gasteiger partial charge in [0.15, 0.2) is 0 Å². The fourth-order valence-corrected chi connectivity index (χ4v) is 5.85. The van der Waals surface area contributed by atoms with Gasteiger partial charge in [-0.15, -0.1) is 22.1 Å². The van der Waals surface area contributed by atoms with Crippen LogP contribution in [0.1, 0.15) is 28.3 Å². The van der Waals surface area contributed by atoms with Crippen LogP contribution in [0.15, 0.2) is 89.4 Å². The molecule has 11 heteroatoms. The van der Waals surface area contributed by atoms with Gasteiger partial charge >= 0.3 is 30.8 Å². The third-order valence-corrected chi connectivity index (χ3v) is 8.39. The SMILES string of the molecule is FC(F)(Cl)C(F)(F)c1c2nc(c(-c3ccccc3)c3ccc([n-]3)c(Br)c3nc(c(-c4ccccc4)c4ccc1[n-]4)C=C3)C=C2.[Zn+2]. The van der Waals surface area contributed by atoms with Crippen molar-refractivity contribution in [3.8, 4) is 22.3 Å². The van der Waals surface area contributed by atoms with Crippen molar-refractivity contribution in [1.29, 1.82) is 0 Å². The van der Waals surface area contributed by atoms with Crippen LogP contribution >= 0.6 is 27.5 Å². The Morgan fingerprint density at radius 3 is 1.51 bits per heavy atom. The van der Waals surface area contributed by atoms with Gasteiger partial charge < -0.3 is 9.97 Å². The predicted octanol–water partition coefficient (Wildman–Crippen LogP) is 9.93. The minimum atomic E-state index is -4.92. The van der Waals surface area contributed by atoms with Crippen LogP contribution in [0.5, 0.6) is 0 Å². The van der Waals surface area contributed by atoms with E-state index in [2.05, 4.69) is 25.9 Å². The van der Waals surface area contributed by atoms with E-state index in [0.717, 1.165) is 0 Å². The summed E-state index contributed by atoms with van der Waals surface area (Å²) in [6.07, 6.45) is 6.37. The molecule has 0 unspecified atom stereocenters. The van der Waals surface area contributed by atoms with Gasteiger partial charge in [0, 0.05) is 10.0 Å². The van der Waals surface area contributed by atoms with Gasteiger partial charge in [0.05, 0.1) is 22.8 Å². The number of fused-ring (bicyclic) bond motifs is 8. The molecule has 4 nitrogen and oxygen atoms in total. The smallest absolute Gasteiger partial charge is 0.657 e. The summed E-state index contributed by atoms with van der Waals surface area (Å²) in [5, 5.41) is -4.92. The minimum absolute atomic E-state index is 0. The minimum Gasteiger partial charge on any atom is -0.657 e. The van der Waals surface area contributed by atoms with Gasteiger partial charge in [-0.3, -0.25) is 0 Å². The molecule has 0 saturated heterocycles. The molecule has 2 aromatic carbocycles. The number of halogens is 6. The summed E-state index contributed by atoms with van der Waals surface area (Å²) in [7, 11) is 0. The quantitative estimate of drug-likeness (QED) is 0.103. The Balaban J connectivity index is 0.00000357. The molecule has 2 aliphatic rings. The van der Waals surface area contributed by atoms with E-state index in [0.29, 0.717) is 49.1 Å². The summed E-state index contributed by atoms with van der Waals surface area (Å²) in [6, 6.07) is 24.7. The van der Waals surface area contributed by atoms with Gasteiger partial charge in [0.25, 0.3) is 0 Å². The normalized spacial score (nSPS) is 12.8. The Morgan fingerprint density at radius 1 is 0.556 bits per heavy atom. The molecule has 5 heterocycles. The van der Waals surface area contributed by atoms with Crippen molar-refractivity contribution < 1.29 is 37.0 Å². The Kier molecular flexibility index (Phi) is 8.18. The molecule has 8 bridgehead atoms. The van der Waals surface area contributed by atoms with Crippen molar-refractivity contribution in [2.45, 2.75) is 11.3 Å². The van der Waals surface area contributed by atoms with Crippen LogP contribution < -0.4 is 9.97 Å². The zero-order valence-corrected chi connectivity index (χ0v) is 28.5. The molecule has 0 fully saturated rings. The first-order valence-electron chi connectivity index (χ1n) is 13.4. The number of alkyl halides is 5. The van der Waals surface area contributed by atoms with Crippen LogP contribution in [0.4, 0.5) is 17.6 Å². The van der Waals surface area contributed by atoms with Gasteiger partial charge in [-0.1, -0.05) is 84.9 Å². The second-order valence-electron chi connectivity index (χ2n) is 10.1. The maximum atomic E-state index is 15.6. The number of aromatic nitrogens is 4. The largest absolute Gasteiger partial charge is 2.00 e. The van der Waals surface area contributed by atoms with Crippen LogP contribution in [0.3, 0.4) is 0 Å². The van der Waals surface area contributed by atoms with Crippen LogP contribution in [0.2, 0.25) is 0 Å². The van der Waals surface area contributed by atoms with E-state index in [1.807, 2.05) is 72.8 Å². The van der Waals surface area contributed by atoms with E-state index in [1.54, 1.807) is 12.1 Å². The standard InChI is InChI=1S/C34H18BrClF4N4.Zn/c35-32-27-17-13-23(43-27)29(19-7-3-1-4-8-19)21-11-15-25(41-21)31(33(37,38)34(36,39)40)26-16-12-22(42-26)30(20-9-5-2-6-10-20)24-14-18-28(32)44-24;/h1-18H;/q-2;+2. The molecular formula is C34H18BrClF4N4Zn. The van der Waals surface area contributed by atoms with Crippen molar-refractivity contribution in [2.24, 2.45) is 0 Å². The molecule has 7 rings (SSSR count). The first kappa shape index (κ1) is 31.1. The predicted molar refractivity (Wildman–Crippen MR) is 170 cm³/mol. The summed E-state index contributed by atoms with van der Waals surface area (Å²) >= 11 is 8.72. The fourth-order valence-electron chi connectivity index (χ4n) is 5.32. The third kappa shape index (κ3) is 5.49. The van der Waals surface area contributed by atoms with Crippen LogP contribution in [0, 0.1) is 0 Å². The molecule has 0 saturated carbocycles. The Bertz CT molecular complexity index is 2120. The molecule has 0 spiro atoms. The molecule has 3 aromatic heterocycles. The monoisotopic (exact) mass is 736 g/mol. The van der Waals surface area contributed by atoms with E-state index < -0.39 is 16.9 Å². The average molecular weight is 739 g/mol. The van der Waals surface area contributed by atoms with Crippen LogP contribution in [0.25, 0.3) is 68.6 Å². The van der Waals surface area contributed by atoms with E-state index in [4.69, 9.17) is 21.6 Å². The number of hydrogen-bond acceptors (Lipinski definition) is 2. The average Bonchev–Trinajstić information content (AvgIpc) is 3.83. The van der Waals surface area contributed by atoms with Gasteiger partial charge in [0.1, 0.15) is 0 Å². The number of rotatable bonds is 4. The Labute approximate surface area is 280 Å². The molecule has 0 atom stereocenters. The van der Waals surface area contributed by atoms with Crippen molar-refractivity contribution >= 4 is 73.9 Å². The van der Waals surface area contributed by atoms with Crippen molar-refractivity contribution in [3.05, 3.63) is 118 Å². The van der Waals surface area contributed by atoms with E-state index in [9.17, 15) is 8.78 Å². The topological polar surface area (TPSA) is 54.0 Å². The van der Waals surface area contributed by atoms with E-state index >= 15 is 8.78 Å². The molecule has 218 valence electrons. The summed E-state index contributed by atoms with van der Waals surface area (Å²) in [5.74, 6) is -4.83. The molecule has 0 aliphatic carbocycles. The van der Waals surface area contributed by atoms with E-state index in [1.165, 1.54) is 24.3 Å². The first-order chi connectivity index (χ1) is 21.1. The van der Waals surface area contributed by atoms with Gasteiger partial charge in [0.2, 0.25) is 0 Å². The summed E-state index contributed by atoms with van der Waals surface area (Å²) in [4.78, 5) is 18.6. The summed E-state index contributed by atoms with van der Waals surface area (Å²) < 4.78 is 60.8. The molecule has 45 heavy (non-hydrogen) atoms. The molecule has 2 aliphatic heterocycles. The van der Waals surface area contributed by atoms with Crippen LogP contribution in [-0.4, -0.2) is 15.3 Å². The van der Waals surface area contributed by atoms with Crippen molar-refractivity contribution in [2.75, 3.05) is 0 Å². The molecule has 5 aromatic rings. The summed E-state index contributed by atoms with van der Waals surface area (Å²) in [5.41, 5.74) is 3.34. The molecule has 0 N–H and O–H groups in total. The Morgan fingerprint density at radius 2 is 0.978 bits per heavy atom. The van der Waals surface area contributed by atoms with Crippen LogP contribution in [-0.2, 0) is 25.4 Å². The van der Waals surface area contributed by atoms with Crippen molar-refractivity contribution in [1.82, 2.24) is 19.9 Å². The zero-order chi connectivity index (χ0) is 30.6. The second kappa shape index (κ2) is 11.8. The van der Waals surface area contributed by atoms with Crippen molar-refractivity contribution in [3.63, 3.8) is 0 Å². The van der Waals surface area contributed by atoms with E-state index in [-0.39, 0.29) is 41.9 Å². The zero-order valence-electron chi connectivity index (χ0n) is 23.2. The van der Waals surface area contributed by atoms with Gasteiger partial charge in [-0.25, -0.2) is 9.97 Å². The molecule has 0 radical (unpaired) electrons.